The Hall–Kier alpha value is -1.11. The van der Waals surface area contributed by atoms with E-state index in [-0.39, 0.29) is 12.4 Å². The van der Waals surface area contributed by atoms with Gasteiger partial charge in [0, 0.05) is 6.42 Å². The van der Waals surface area contributed by atoms with Crippen LogP contribution in [0.5, 0.6) is 0 Å². The standard InChI is InChI=1S/C11H19F2NO4.ClH/c1-10(2,3)18-9(16)14-7-11(12,13)6-5-8(15)17-4;/h5-7H2,1-4H3,(H,14,16);1H. The SMILES string of the molecule is COC(=O)CCC(F)(F)CNC(=O)OC(C)(C)C.Cl. The maximum Gasteiger partial charge on any atom is 0.407 e. The number of carbonyl (C=O) groups is 2. The second kappa shape index (κ2) is 8.14. The number of methoxy groups -OCH3 is 1. The summed E-state index contributed by atoms with van der Waals surface area (Å²) in [6.45, 7) is 4.00. The molecule has 19 heavy (non-hydrogen) atoms. The summed E-state index contributed by atoms with van der Waals surface area (Å²) in [5.41, 5.74) is -0.745. The van der Waals surface area contributed by atoms with Crippen LogP contribution in [0.3, 0.4) is 0 Å². The Morgan fingerprint density at radius 2 is 1.74 bits per heavy atom. The minimum atomic E-state index is -3.18. The molecule has 0 fully saturated rings. The molecule has 0 aliphatic heterocycles. The lowest BCUT2D eigenvalue weighted by molar-refractivity contribution is -0.142. The molecule has 0 atom stereocenters. The zero-order chi connectivity index (χ0) is 14.4. The number of alkyl halides is 2. The van der Waals surface area contributed by atoms with Crippen molar-refractivity contribution < 1.29 is 27.8 Å². The van der Waals surface area contributed by atoms with Crippen LogP contribution in [-0.2, 0) is 14.3 Å². The molecule has 0 saturated heterocycles. The van der Waals surface area contributed by atoms with E-state index in [4.69, 9.17) is 4.74 Å². The van der Waals surface area contributed by atoms with E-state index in [1.165, 1.54) is 0 Å². The molecule has 0 heterocycles. The van der Waals surface area contributed by atoms with Crippen LogP contribution in [0.4, 0.5) is 13.6 Å². The smallest absolute Gasteiger partial charge is 0.407 e. The highest BCUT2D eigenvalue weighted by Crippen LogP contribution is 2.19. The molecule has 0 aliphatic rings. The van der Waals surface area contributed by atoms with Crippen molar-refractivity contribution in [1.29, 1.82) is 0 Å². The summed E-state index contributed by atoms with van der Waals surface area (Å²) >= 11 is 0. The van der Waals surface area contributed by atoms with Crippen molar-refractivity contribution in [2.75, 3.05) is 13.7 Å². The van der Waals surface area contributed by atoms with Gasteiger partial charge in [0.2, 0.25) is 0 Å². The summed E-state index contributed by atoms with van der Waals surface area (Å²) in [6.07, 6.45) is -2.00. The molecule has 5 nitrogen and oxygen atoms in total. The molecule has 0 rings (SSSR count). The summed E-state index contributed by atoms with van der Waals surface area (Å²) in [7, 11) is 1.12. The zero-order valence-corrected chi connectivity index (χ0v) is 12.2. The molecular formula is C11H20ClF2NO4. The van der Waals surface area contributed by atoms with Crippen LogP contribution < -0.4 is 5.32 Å². The Bertz CT molecular complexity index is 306. The van der Waals surface area contributed by atoms with Crippen LogP contribution in [0.15, 0.2) is 0 Å². The lowest BCUT2D eigenvalue weighted by Crippen LogP contribution is -2.40. The van der Waals surface area contributed by atoms with Gasteiger partial charge in [-0.15, -0.1) is 12.4 Å². The lowest BCUT2D eigenvalue weighted by atomic mass is 10.2. The second-order valence-corrected chi connectivity index (χ2v) is 4.79. The van der Waals surface area contributed by atoms with E-state index in [2.05, 4.69) is 4.74 Å². The summed E-state index contributed by atoms with van der Waals surface area (Å²) in [5, 5.41) is 1.96. The average Bonchev–Trinajstić information content (AvgIpc) is 2.21. The fourth-order valence-corrected chi connectivity index (χ4v) is 0.991. The molecule has 0 aliphatic carbocycles. The number of rotatable bonds is 5. The van der Waals surface area contributed by atoms with E-state index in [1.54, 1.807) is 20.8 Å². The largest absolute Gasteiger partial charge is 0.469 e. The molecule has 1 amide bonds. The van der Waals surface area contributed by atoms with Gasteiger partial charge in [0.15, 0.2) is 0 Å². The first-order chi connectivity index (χ1) is 8.06. The van der Waals surface area contributed by atoms with Gasteiger partial charge in [0.1, 0.15) is 5.60 Å². The van der Waals surface area contributed by atoms with Crippen molar-refractivity contribution in [3.05, 3.63) is 0 Å². The van der Waals surface area contributed by atoms with Crippen molar-refractivity contribution in [3.8, 4) is 0 Å². The lowest BCUT2D eigenvalue weighted by Gasteiger charge is -2.21. The molecule has 0 saturated carbocycles. The second-order valence-electron chi connectivity index (χ2n) is 4.79. The van der Waals surface area contributed by atoms with Crippen molar-refractivity contribution >= 4 is 24.5 Å². The average molecular weight is 304 g/mol. The highest BCUT2D eigenvalue weighted by Gasteiger charge is 2.31. The molecule has 1 N–H and O–H groups in total. The number of carbonyl (C=O) groups excluding carboxylic acids is 2. The van der Waals surface area contributed by atoms with E-state index in [0.717, 1.165) is 7.11 Å². The molecular weight excluding hydrogens is 284 g/mol. The first-order valence-corrected chi connectivity index (χ1v) is 5.47. The number of ether oxygens (including phenoxy) is 2. The highest BCUT2D eigenvalue weighted by atomic mass is 35.5. The van der Waals surface area contributed by atoms with Crippen molar-refractivity contribution in [2.24, 2.45) is 0 Å². The minimum absolute atomic E-state index is 0. The predicted octanol–water partition coefficient (Wildman–Crippen LogP) is 2.52. The maximum atomic E-state index is 13.2. The number of amides is 1. The van der Waals surface area contributed by atoms with E-state index >= 15 is 0 Å². The highest BCUT2D eigenvalue weighted by molar-refractivity contribution is 5.85. The number of hydrogen-bond acceptors (Lipinski definition) is 4. The zero-order valence-electron chi connectivity index (χ0n) is 11.4. The minimum Gasteiger partial charge on any atom is -0.469 e. The summed E-state index contributed by atoms with van der Waals surface area (Å²) < 4.78 is 35.5. The number of halogens is 3. The molecule has 0 aromatic carbocycles. The molecule has 8 heteroatoms. The first kappa shape index (κ1) is 20.2. The maximum absolute atomic E-state index is 13.2. The molecule has 0 bridgehead atoms. The van der Waals surface area contributed by atoms with Gasteiger partial charge in [-0.2, -0.15) is 0 Å². The topological polar surface area (TPSA) is 64.6 Å². The molecule has 0 aromatic heterocycles. The third kappa shape index (κ3) is 11.7. The van der Waals surface area contributed by atoms with Crippen molar-refractivity contribution in [1.82, 2.24) is 5.32 Å². The third-order valence-electron chi connectivity index (χ3n) is 1.81. The third-order valence-corrected chi connectivity index (χ3v) is 1.81. The fourth-order valence-electron chi connectivity index (χ4n) is 0.991. The van der Waals surface area contributed by atoms with Gasteiger partial charge in [0.05, 0.1) is 20.1 Å². The van der Waals surface area contributed by atoms with Gasteiger partial charge >= 0.3 is 12.1 Å². The van der Waals surface area contributed by atoms with Crippen molar-refractivity contribution in [3.63, 3.8) is 0 Å². The van der Waals surface area contributed by atoms with Crippen LogP contribution in [-0.4, -0.2) is 37.2 Å². The van der Waals surface area contributed by atoms with Crippen molar-refractivity contribution in [2.45, 2.75) is 45.1 Å². The Kier molecular flexibility index (Phi) is 8.66. The Morgan fingerprint density at radius 3 is 2.16 bits per heavy atom. The Balaban J connectivity index is 0. The van der Waals surface area contributed by atoms with E-state index < -0.39 is 43.0 Å². The van der Waals surface area contributed by atoms with Gasteiger partial charge in [-0.05, 0) is 20.8 Å². The van der Waals surface area contributed by atoms with E-state index in [9.17, 15) is 18.4 Å². The first-order valence-electron chi connectivity index (χ1n) is 5.47. The molecule has 0 aromatic rings. The van der Waals surface area contributed by atoms with Gasteiger partial charge in [-0.1, -0.05) is 0 Å². The van der Waals surface area contributed by atoms with Crippen LogP contribution in [0.25, 0.3) is 0 Å². The summed E-state index contributed by atoms with van der Waals surface area (Å²) in [4.78, 5) is 21.9. The number of esters is 1. The Labute approximate surface area is 117 Å². The normalized spacial score (nSPS) is 11.3. The van der Waals surface area contributed by atoms with Gasteiger partial charge in [0.25, 0.3) is 5.92 Å². The monoisotopic (exact) mass is 303 g/mol. The van der Waals surface area contributed by atoms with E-state index in [1.807, 2.05) is 5.32 Å². The van der Waals surface area contributed by atoms with Crippen LogP contribution >= 0.6 is 12.4 Å². The van der Waals surface area contributed by atoms with Crippen LogP contribution in [0.2, 0.25) is 0 Å². The van der Waals surface area contributed by atoms with E-state index in [0.29, 0.717) is 0 Å². The molecule has 114 valence electrons. The predicted molar refractivity (Wildman–Crippen MR) is 67.7 cm³/mol. The van der Waals surface area contributed by atoms with Crippen LogP contribution in [0.1, 0.15) is 33.6 Å². The van der Waals surface area contributed by atoms with Gasteiger partial charge in [-0.3, -0.25) is 4.79 Å². The quantitative estimate of drug-likeness (QED) is 0.793. The number of nitrogens with one attached hydrogen (secondary N) is 1. The summed E-state index contributed by atoms with van der Waals surface area (Å²) in [6, 6.07) is 0. The summed E-state index contributed by atoms with van der Waals surface area (Å²) in [5.74, 6) is -3.89. The fraction of sp³-hybridized carbons (Fsp3) is 0.818. The number of hydrogen-bond donors (Lipinski definition) is 1. The molecule has 0 spiro atoms. The van der Waals surface area contributed by atoms with Crippen LogP contribution in [0, 0.1) is 0 Å². The Morgan fingerprint density at radius 1 is 1.21 bits per heavy atom. The molecule has 0 radical (unpaired) electrons. The number of alkyl carbamates (subject to hydrolysis) is 1. The molecule has 0 unspecified atom stereocenters. The van der Waals surface area contributed by atoms with Gasteiger partial charge < -0.3 is 14.8 Å². The van der Waals surface area contributed by atoms with Gasteiger partial charge in [-0.25, -0.2) is 13.6 Å².